The third kappa shape index (κ3) is 5.82. The molecule has 25 heavy (non-hydrogen) atoms. The average Bonchev–Trinajstić information content (AvgIpc) is 2.61. The van der Waals surface area contributed by atoms with Gasteiger partial charge in [-0.05, 0) is 42.9 Å². The predicted octanol–water partition coefficient (Wildman–Crippen LogP) is 1.71. The molecule has 1 amide bonds. The van der Waals surface area contributed by atoms with E-state index in [-0.39, 0.29) is 23.3 Å². The van der Waals surface area contributed by atoms with Crippen LogP contribution in [0.4, 0.5) is 8.78 Å². The first-order chi connectivity index (χ1) is 12.0. The number of alkyl halides is 2. The molecular weight excluding hydrogens is 334 g/mol. The number of amides is 1. The third-order valence-corrected chi connectivity index (χ3v) is 4.23. The number of hydrogen-bond acceptors (Lipinski definition) is 5. The monoisotopic (exact) mass is 358 g/mol. The van der Waals surface area contributed by atoms with Crippen LogP contribution in [-0.2, 0) is 16.0 Å². The molecule has 3 N–H and O–H groups in total. The van der Waals surface area contributed by atoms with Gasteiger partial charge in [-0.2, -0.15) is 8.78 Å². The van der Waals surface area contributed by atoms with Crippen molar-refractivity contribution in [3.05, 3.63) is 23.8 Å². The van der Waals surface area contributed by atoms with E-state index >= 15 is 0 Å². The molecule has 1 atom stereocenters. The summed E-state index contributed by atoms with van der Waals surface area (Å²) < 4.78 is 39.6. The minimum absolute atomic E-state index is 0.0276. The van der Waals surface area contributed by atoms with Crippen molar-refractivity contribution in [1.29, 1.82) is 0 Å². The van der Waals surface area contributed by atoms with Crippen molar-refractivity contribution in [3.63, 3.8) is 0 Å². The first-order valence-electron chi connectivity index (χ1n) is 8.24. The second-order valence-corrected chi connectivity index (χ2v) is 5.88. The highest BCUT2D eigenvalue weighted by Crippen LogP contribution is 2.29. The molecule has 0 aromatic heterocycles. The standard InChI is InChI=1S/C17H24F2N2O4/c1-23-13-3-2-11(10-14(13)25-17(18)19)4-7-21-16(22)15(20)12-5-8-24-9-6-12/h2-3,10,12,15,17H,4-9,20H2,1H3,(H,21,22). The van der Waals surface area contributed by atoms with E-state index in [9.17, 15) is 13.6 Å². The molecule has 1 saturated heterocycles. The van der Waals surface area contributed by atoms with Crippen LogP contribution in [0.25, 0.3) is 0 Å². The summed E-state index contributed by atoms with van der Waals surface area (Å²) in [7, 11) is 1.38. The average molecular weight is 358 g/mol. The van der Waals surface area contributed by atoms with Crippen LogP contribution in [0.3, 0.4) is 0 Å². The first-order valence-corrected chi connectivity index (χ1v) is 8.24. The second-order valence-electron chi connectivity index (χ2n) is 5.88. The molecule has 1 fully saturated rings. The summed E-state index contributed by atoms with van der Waals surface area (Å²) in [5, 5.41) is 2.79. The predicted molar refractivity (Wildman–Crippen MR) is 87.9 cm³/mol. The molecule has 1 aromatic rings. The zero-order chi connectivity index (χ0) is 18.2. The molecule has 0 bridgehead atoms. The molecule has 2 rings (SSSR count). The number of hydrogen-bond donors (Lipinski definition) is 2. The Balaban J connectivity index is 1.85. The van der Waals surface area contributed by atoms with Gasteiger partial charge in [0.15, 0.2) is 11.5 Å². The number of rotatable bonds is 8. The Bertz CT molecular complexity index is 566. The number of carbonyl (C=O) groups excluding carboxylic acids is 1. The Morgan fingerprint density at radius 3 is 2.72 bits per heavy atom. The molecule has 1 aliphatic heterocycles. The molecule has 0 spiro atoms. The van der Waals surface area contributed by atoms with Crippen molar-refractivity contribution < 1.29 is 27.8 Å². The van der Waals surface area contributed by atoms with Crippen molar-refractivity contribution in [1.82, 2.24) is 5.32 Å². The van der Waals surface area contributed by atoms with Crippen molar-refractivity contribution in [2.45, 2.75) is 31.9 Å². The third-order valence-electron chi connectivity index (χ3n) is 4.23. The molecule has 1 unspecified atom stereocenters. The lowest BCUT2D eigenvalue weighted by Crippen LogP contribution is -2.47. The van der Waals surface area contributed by atoms with Gasteiger partial charge in [0.05, 0.1) is 13.2 Å². The number of carbonyl (C=O) groups is 1. The van der Waals surface area contributed by atoms with Crippen LogP contribution < -0.4 is 20.5 Å². The van der Waals surface area contributed by atoms with Gasteiger partial charge in [0, 0.05) is 19.8 Å². The maximum absolute atomic E-state index is 12.4. The molecular formula is C17H24F2N2O4. The van der Waals surface area contributed by atoms with Gasteiger partial charge in [-0.25, -0.2) is 0 Å². The summed E-state index contributed by atoms with van der Waals surface area (Å²) in [6, 6.07) is 4.22. The fourth-order valence-electron chi connectivity index (χ4n) is 2.80. The Morgan fingerprint density at radius 1 is 1.36 bits per heavy atom. The lowest BCUT2D eigenvalue weighted by Gasteiger charge is -2.26. The Morgan fingerprint density at radius 2 is 2.08 bits per heavy atom. The molecule has 0 saturated carbocycles. The fraction of sp³-hybridized carbons (Fsp3) is 0.588. The number of nitrogens with one attached hydrogen (secondary N) is 1. The quantitative estimate of drug-likeness (QED) is 0.739. The molecule has 8 heteroatoms. The van der Waals surface area contributed by atoms with Crippen LogP contribution in [-0.4, -0.2) is 45.4 Å². The number of ether oxygens (including phenoxy) is 3. The first kappa shape index (κ1) is 19.4. The van der Waals surface area contributed by atoms with Crippen LogP contribution in [0.1, 0.15) is 18.4 Å². The number of nitrogens with two attached hydrogens (primary N) is 1. The molecule has 6 nitrogen and oxygen atoms in total. The van der Waals surface area contributed by atoms with Crippen molar-refractivity contribution in [2.24, 2.45) is 11.7 Å². The van der Waals surface area contributed by atoms with E-state index in [0.717, 1.165) is 18.4 Å². The molecule has 1 heterocycles. The lowest BCUT2D eigenvalue weighted by atomic mass is 9.92. The summed E-state index contributed by atoms with van der Waals surface area (Å²) in [5.41, 5.74) is 6.75. The van der Waals surface area contributed by atoms with Gasteiger partial charge in [-0.1, -0.05) is 6.07 Å². The lowest BCUT2D eigenvalue weighted by molar-refractivity contribution is -0.124. The number of methoxy groups -OCH3 is 1. The van der Waals surface area contributed by atoms with E-state index in [1.54, 1.807) is 12.1 Å². The van der Waals surface area contributed by atoms with E-state index in [2.05, 4.69) is 10.1 Å². The fourth-order valence-corrected chi connectivity index (χ4v) is 2.80. The van der Waals surface area contributed by atoms with Crippen LogP contribution in [0, 0.1) is 5.92 Å². The Kier molecular flexibility index (Phi) is 7.39. The summed E-state index contributed by atoms with van der Waals surface area (Å²) in [6.45, 7) is -1.31. The molecule has 0 radical (unpaired) electrons. The van der Waals surface area contributed by atoms with Crippen LogP contribution in [0.2, 0.25) is 0 Å². The van der Waals surface area contributed by atoms with Gasteiger partial charge < -0.3 is 25.3 Å². The van der Waals surface area contributed by atoms with Crippen molar-refractivity contribution >= 4 is 5.91 Å². The van der Waals surface area contributed by atoms with Gasteiger partial charge in [0.1, 0.15) is 0 Å². The molecule has 140 valence electrons. The van der Waals surface area contributed by atoms with E-state index in [0.29, 0.717) is 26.2 Å². The summed E-state index contributed by atoms with van der Waals surface area (Å²) in [5.74, 6) is 0.125. The van der Waals surface area contributed by atoms with Crippen LogP contribution in [0.15, 0.2) is 18.2 Å². The maximum Gasteiger partial charge on any atom is 0.387 e. The van der Waals surface area contributed by atoms with Gasteiger partial charge in [0.2, 0.25) is 5.91 Å². The normalized spacial score (nSPS) is 16.5. The smallest absolute Gasteiger partial charge is 0.387 e. The van der Waals surface area contributed by atoms with Crippen molar-refractivity contribution in [3.8, 4) is 11.5 Å². The van der Waals surface area contributed by atoms with Gasteiger partial charge in [-0.15, -0.1) is 0 Å². The molecule has 0 aliphatic carbocycles. The minimum atomic E-state index is -2.93. The topological polar surface area (TPSA) is 82.8 Å². The second kappa shape index (κ2) is 9.53. The van der Waals surface area contributed by atoms with E-state index in [1.807, 2.05) is 0 Å². The SMILES string of the molecule is COc1ccc(CCNC(=O)C(N)C2CCOCC2)cc1OC(F)F. The zero-order valence-electron chi connectivity index (χ0n) is 14.2. The van der Waals surface area contributed by atoms with E-state index in [1.165, 1.54) is 13.2 Å². The summed E-state index contributed by atoms with van der Waals surface area (Å²) in [4.78, 5) is 12.1. The summed E-state index contributed by atoms with van der Waals surface area (Å²) in [6.07, 6.45) is 2.03. The van der Waals surface area contributed by atoms with Gasteiger partial charge in [-0.3, -0.25) is 4.79 Å². The highest BCUT2D eigenvalue weighted by molar-refractivity contribution is 5.81. The van der Waals surface area contributed by atoms with Gasteiger partial charge >= 0.3 is 6.61 Å². The van der Waals surface area contributed by atoms with Crippen LogP contribution >= 0.6 is 0 Å². The zero-order valence-corrected chi connectivity index (χ0v) is 14.2. The minimum Gasteiger partial charge on any atom is -0.493 e. The molecule has 1 aromatic carbocycles. The molecule has 1 aliphatic rings. The highest BCUT2D eigenvalue weighted by atomic mass is 19.3. The van der Waals surface area contributed by atoms with Crippen molar-refractivity contribution in [2.75, 3.05) is 26.9 Å². The number of benzene rings is 1. The highest BCUT2D eigenvalue weighted by Gasteiger charge is 2.26. The number of halogens is 2. The Hall–Kier alpha value is -1.93. The Labute approximate surface area is 145 Å². The van der Waals surface area contributed by atoms with Crippen LogP contribution in [0.5, 0.6) is 11.5 Å². The maximum atomic E-state index is 12.4. The summed E-state index contributed by atoms with van der Waals surface area (Å²) >= 11 is 0. The van der Waals surface area contributed by atoms with E-state index < -0.39 is 12.7 Å². The van der Waals surface area contributed by atoms with E-state index in [4.69, 9.17) is 15.2 Å². The van der Waals surface area contributed by atoms with Gasteiger partial charge in [0.25, 0.3) is 0 Å². The largest absolute Gasteiger partial charge is 0.493 e.